The second kappa shape index (κ2) is 7.79. The summed E-state index contributed by atoms with van der Waals surface area (Å²) in [5.74, 6) is 0.0147. The molecule has 0 aliphatic rings. The number of hydrogen-bond acceptors (Lipinski definition) is 3. The van der Waals surface area contributed by atoms with Crippen molar-refractivity contribution in [1.29, 1.82) is 0 Å². The van der Waals surface area contributed by atoms with E-state index in [-0.39, 0.29) is 11.7 Å². The van der Waals surface area contributed by atoms with Crippen LogP contribution in [0.3, 0.4) is 0 Å². The van der Waals surface area contributed by atoms with Gasteiger partial charge in [0.2, 0.25) is 0 Å². The maximum atomic E-state index is 13.5. The number of halogens is 1. The van der Waals surface area contributed by atoms with Crippen LogP contribution in [0.1, 0.15) is 40.8 Å². The number of carbonyl (C=O) groups excluding carboxylic acids is 1. The molecule has 0 spiro atoms. The summed E-state index contributed by atoms with van der Waals surface area (Å²) < 4.78 is 13.5. The minimum Gasteiger partial charge on any atom is -0.336 e. The first-order valence-corrected chi connectivity index (χ1v) is 9.38. The molecule has 5 heteroatoms. The third-order valence-electron chi connectivity index (χ3n) is 4.08. The Kier molecular flexibility index (Phi) is 5.47. The lowest BCUT2D eigenvalue weighted by Gasteiger charge is -2.16. The lowest BCUT2D eigenvalue weighted by molar-refractivity contribution is 0.0783. The van der Waals surface area contributed by atoms with E-state index in [0.29, 0.717) is 18.0 Å². The first-order valence-electron chi connectivity index (χ1n) is 8.50. The highest BCUT2D eigenvalue weighted by Crippen LogP contribution is 2.23. The summed E-state index contributed by atoms with van der Waals surface area (Å²) in [6.45, 7) is 4.68. The van der Waals surface area contributed by atoms with E-state index in [1.54, 1.807) is 41.5 Å². The topological polar surface area (TPSA) is 33.2 Å². The average Bonchev–Trinajstić information content (AvgIpc) is 3.10. The first kappa shape index (κ1) is 18.3. The van der Waals surface area contributed by atoms with E-state index in [2.05, 4.69) is 18.8 Å². The van der Waals surface area contributed by atoms with E-state index in [9.17, 15) is 9.18 Å². The van der Waals surface area contributed by atoms with E-state index in [0.717, 1.165) is 21.8 Å². The molecule has 0 radical (unpaired) electrons. The molecule has 0 atom stereocenters. The minimum atomic E-state index is -0.291. The average molecular weight is 368 g/mol. The van der Waals surface area contributed by atoms with Gasteiger partial charge in [0.15, 0.2) is 0 Å². The van der Waals surface area contributed by atoms with Gasteiger partial charge in [0.05, 0.1) is 17.2 Å². The number of thiazole rings is 1. The number of rotatable bonds is 5. The largest absolute Gasteiger partial charge is 0.336 e. The number of benzene rings is 2. The summed E-state index contributed by atoms with van der Waals surface area (Å²) in [6.07, 6.45) is 0. The lowest BCUT2D eigenvalue weighted by Crippen LogP contribution is -2.26. The minimum absolute atomic E-state index is 0.0812. The molecule has 3 aromatic rings. The summed E-state index contributed by atoms with van der Waals surface area (Å²) in [5.41, 5.74) is 3.05. The second-order valence-corrected chi connectivity index (χ2v) is 7.47. The van der Waals surface area contributed by atoms with Crippen LogP contribution in [0.2, 0.25) is 0 Å². The van der Waals surface area contributed by atoms with Crippen LogP contribution in [0, 0.1) is 5.82 Å². The SMILES string of the molecule is CC(C)c1nc(CN(C)C(=O)c2cccc(-c3cccc(F)c3)c2)cs1. The van der Waals surface area contributed by atoms with Gasteiger partial charge in [-0.1, -0.05) is 38.1 Å². The zero-order valence-corrected chi connectivity index (χ0v) is 15.9. The van der Waals surface area contributed by atoms with Crippen LogP contribution in [0.5, 0.6) is 0 Å². The fourth-order valence-electron chi connectivity index (χ4n) is 2.70. The molecule has 1 aromatic heterocycles. The predicted octanol–water partition coefficient (Wildman–Crippen LogP) is 5.34. The van der Waals surface area contributed by atoms with Crippen LogP contribution in [-0.2, 0) is 6.54 Å². The Labute approximate surface area is 157 Å². The lowest BCUT2D eigenvalue weighted by atomic mass is 10.0. The number of hydrogen-bond donors (Lipinski definition) is 0. The van der Waals surface area contributed by atoms with Gasteiger partial charge in [-0.25, -0.2) is 9.37 Å². The summed E-state index contributed by atoms with van der Waals surface area (Å²) in [7, 11) is 1.77. The molecular weight excluding hydrogens is 347 g/mol. The fraction of sp³-hybridized carbons (Fsp3) is 0.238. The van der Waals surface area contributed by atoms with Gasteiger partial charge in [0, 0.05) is 23.9 Å². The molecule has 0 aliphatic carbocycles. The molecule has 0 saturated heterocycles. The summed E-state index contributed by atoms with van der Waals surface area (Å²) in [6, 6.07) is 13.7. The molecule has 0 unspecified atom stereocenters. The van der Waals surface area contributed by atoms with Crippen molar-refractivity contribution in [2.24, 2.45) is 0 Å². The maximum Gasteiger partial charge on any atom is 0.253 e. The third-order valence-corrected chi connectivity index (χ3v) is 5.27. The fourth-order valence-corrected chi connectivity index (χ4v) is 3.52. The third kappa shape index (κ3) is 4.17. The summed E-state index contributed by atoms with van der Waals surface area (Å²) in [5, 5.41) is 3.08. The van der Waals surface area contributed by atoms with Crippen LogP contribution in [-0.4, -0.2) is 22.8 Å². The van der Waals surface area contributed by atoms with Crippen molar-refractivity contribution >= 4 is 17.2 Å². The molecule has 0 N–H and O–H groups in total. The molecular formula is C21H21FN2OS. The Morgan fingerprint density at radius 3 is 2.50 bits per heavy atom. The molecule has 0 saturated carbocycles. The monoisotopic (exact) mass is 368 g/mol. The Bertz CT molecular complexity index is 920. The summed E-state index contributed by atoms with van der Waals surface area (Å²) in [4.78, 5) is 19.0. The molecule has 1 amide bonds. The van der Waals surface area contributed by atoms with Gasteiger partial charge in [-0.3, -0.25) is 4.79 Å². The van der Waals surface area contributed by atoms with E-state index in [1.165, 1.54) is 12.1 Å². The predicted molar refractivity (Wildman–Crippen MR) is 104 cm³/mol. The van der Waals surface area contributed by atoms with E-state index in [4.69, 9.17) is 0 Å². The zero-order chi connectivity index (χ0) is 18.7. The van der Waals surface area contributed by atoms with Crippen LogP contribution in [0.15, 0.2) is 53.9 Å². The van der Waals surface area contributed by atoms with Crippen molar-refractivity contribution in [2.45, 2.75) is 26.3 Å². The summed E-state index contributed by atoms with van der Waals surface area (Å²) >= 11 is 1.62. The smallest absolute Gasteiger partial charge is 0.253 e. The van der Waals surface area contributed by atoms with Gasteiger partial charge >= 0.3 is 0 Å². The number of carbonyl (C=O) groups is 1. The molecule has 134 valence electrons. The van der Waals surface area contributed by atoms with E-state index >= 15 is 0 Å². The molecule has 0 bridgehead atoms. The highest BCUT2D eigenvalue weighted by Gasteiger charge is 2.15. The highest BCUT2D eigenvalue weighted by molar-refractivity contribution is 7.09. The van der Waals surface area contributed by atoms with E-state index < -0.39 is 0 Å². The van der Waals surface area contributed by atoms with Crippen molar-refractivity contribution in [3.05, 3.63) is 76.0 Å². The Hall–Kier alpha value is -2.53. The van der Waals surface area contributed by atoms with Gasteiger partial charge in [-0.05, 0) is 35.4 Å². The van der Waals surface area contributed by atoms with E-state index in [1.807, 2.05) is 23.6 Å². The molecule has 3 rings (SSSR count). The second-order valence-electron chi connectivity index (χ2n) is 6.58. The van der Waals surface area contributed by atoms with Gasteiger partial charge in [0.1, 0.15) is 5.82 Å². The van der Waals surface area contributed by atoms with Crippen molar-refractivity contribution < 1.29 is 9.18 Å². The van der Waals surface area contributed by atoms with Crippen LogP contribution >= 0.6 is 11.3 Å². The molecule has 2 aromatic carbocycles. The van der Waals surface area contributed by atoms with Crippen molar-refractivity contribution in [2.75, 3.05) is 7.05 Å². The molecule has 0 aliphatic heterocycles. The van der Waals surface area contributed by atoms with Crippen LogP contribution < -0.4 is 0 Å². The Morgan fingerprint density at radius 2 is 1.85 bits per heavy atom. The normalized spacial score (nSPS) is 11.0. The van der Waals surface area contributed by atoms with Gasteiger partial charge in [-0.15, -0.1) is 11.3 Å². The van der Waals surface area contributed by atoms with Crippen LogP contribution in [0.25, 0.3) is 11.1 Å². The molecule has 1 heterocycles. The Balaban J connectivity index is 1.77. The quantitative estimate of drug-likeness (QED) is 0.609. The van der Waals surface area contributed by atoms with Gasteiger partial charge < -0.3 is 4.90 Å². The molecule has 0 fully saturated rings. The van der Waals surface area contributed by atoms with Crippen molar-refractivity contribution in [1.82, 2.24) is 9.88 Å². The standard InChI is InChI=1S/C21H21FN2OS/c1-14(2)20-23-19(13-26-20)12-24(3)21(25)17-8-4-6-15(10-17)16-7-5-9-18(22)11-16/h4-11,13-14H,12H2,1-3H3. The molecule has 26 heavy (non-hydrogen) atoms. The number of nitrogens with zero attached hydrogens (tertiary/aromatic N) is 2. The molecule has 3 nitrogen and oxygen atoms in total. The zero-order valence-electron chi connectivity index (χ0n) is 15.1. The van der Waals surface area contributed by atoms with Crippen molar-refractivity contribution in [3.8, 4) is 11.1 Å². The highest BCUT2D eigenvalue weighted by atomic mass is 32.1. The van der Waals surface area contributed by atoms with Crippen molar-refractivity contribution in [3.63, 3.8) is 0 Å². The maximum absolute atomic E-state index is 13.5. The first-order chi connectivity index (χ1) is 12.4. The van der Waals surface area contributed by atoms with Crippen LogP contribution in [0.4, 0.5) is 4.39 Å². The Morgan fingerprint density at radius 1 is 1.15 bits per heavy atom. The number of aromatic nitrogens is 1. The number of amides is 1. The van der Waals surface area contributed by atoms with Gasteiger partial charge in [-0.2, -0.15) is 0 Å². The van der Waals surface area contributed by atoms with Gasteiger partial charge in [0.25, 0.3) is 5.91 Å².